The van der Waals surface area contributed by atoms with Crippen LogP contribution >= 0.6 is 0 Å². The molecule has 4 nitrogen and oxygen atoms in total. The van der Waals surface area contributed by atoms with Crippen LogP contribution in [0.1, 0.15) is 33.1 Å². The summed E-state index contributed by atoms with van der Waals surface area (Å²) in [6.07, 6.45) is 3.04. The van der Waals surface area contributed by atoms with Crippen LogP contribution in [0.3, 0.4) is 0 Å². The van der Waals surface area contributed by atoms with E-state index in [9.17, 15) is 4.79 Å². The summed E-state index contributed by atoms with van der Waals surface area (Å²) in [7, 11) is 0. The maximum Gasteiger partial charge on any atom is 0.227 e. The number of carbonyl (C=O) groups excluding carboxylic acids is 1. The second kappa shape index (κ2) is 3.96. The minimum absolute atomic E-state index is 0.00208. The summed E-state index contributed by atoms with van der Waals surface area (Å²) in [4.78, 5) is 16.9. The molecule has 98 valence electrons. The van der Waals surface area contributed by atoms with E-state index in [1.165, 1.54) is 0 Å². The minimum Gasteiger partial charge on any atom is -0.335 e. The maximum absolute atomic E-state index is 12.4. The van der Waals surface area contributed by atoms with Crippen LogP contribution in [0, 0.1) is 23.2 Å². The minimum atomic E-state index is -0.00208. The zero-order valence-corrected chi connectivity index (χ0v) is 11.2. The van der Waals surface area contributed by atoms with Gasteiger partial charge >= 0.3 is 0 Å². The molecule has 0 aromatic carbocycles. The van der Waals surface area contributed by atoms with Crippen molar-refractivity contribution in [1.29, 1.82) is 5.26 Å². The molecule has 2 saturated heterocycles. The molecule has 0 aromatic rings. The van der Waals surface area contributed by atoms with Crippen LogP contribution in [0.2, 0.25) is 0 Å². The number of likely N-dealkylation sites (tertiary alicyclic amines) is 2. The number of hydrogen-bond donors (Lipinski definition) is 0. The van der Waals surface area contributed by atoms with Gasteiger partial charge in [0.05, 0.1) is 23.4 Å². The third kappa shape index (κ3) is 1.65. The SMILES string of the molecule is CC(C)N1CCC2(CCN2C(=O)C2CC2C#N)C1. The second-order valence-corrected chi connectivity index (χ2v) is 6.36. The van der Waals surface area contributed by atoms with Gasteiger partial charge in [0.2, 0.25) is 5.91 Å². The Morgan fingerprint density at radius 2 is 2.11 bits per heavy atom. The number of nitrogens with zero attached hydrogens (tertiary/aromatic N) is 3. The predicted octanol–water partition coefficient (Wildman–Crippen LogP) is 1.23. The summed E-state index contributed by atoms with van der Waals surface area (Å²) in [5.74, 6) is 0.261. The van der Waals surface area contributed by atoms with Gasteiger partial charge in [-0.15, -0.1) is 0 Å². The fourth-order valence-electron chi connectivity index (χ4n) is 3.45. The average molecular weight is 247 g/mol. The Bertz CT molecular complexity index is 414. The molecule has 1 spiro atoms. The standard InChI is InChI=1S/C14H21N3O/c1-10(2)16-5-3-14(9-16)4-6-17(14)13(18)12-7-11(12)8-15/h10-12H,3-7,9H2,1-2H3. The number of nitriles is 1. The van der Waals surface area contributed by atoms with E-state index < -0.39 is 0 Å². The van der Waals surface area contributed by atoms with Gasteiger partial charge in [-0.2, -0.15) is 5.26 Å². The first kappa shape index (κ1) is 12.0. The zero-order chi connectivity index (χ0) is 12.9. The first-order valence-corrected chi connectivity index (χ1v) is 7.02. The molecule has 1 saturated carbocycles. The third-order valence-electron chi connectivity index (χ3n) is 5.00. The Balaban J connectivity index is 1.66. The van der Waals surface area contributed by atoms with Crippen LogP contribution in [0.15, 0.2) is 0 Å². The smallest absolute Gasteiger partial charge is 0.227 e. The van der Waals surface area contributed by atoms with Gasteiger partial charge in [-0.25, -0.2) is 0 Å². The lowest BCUT2D eigenvalue weighted by atomic mass is 9.83. The van der Waals surface area contributed by atoms with E-state index >= 15 is 0 Å². The molecule has 3 rings (SSSR count). The maximum atomic E-state index is 12.4. The van der Waals surface area contributed by atoms with E-state index in [-0.39, 0.29) is 23.3 Å². The topological polar surface area (TPSA) is 47.3 Å². The fourth-order valence-corrected chi connectivity index (χ4v) is 3.45. The molecule has 0 N–H and O–H groups in total. The highest BCUT2D eigenvalue weighted by Crippen LogP contribution is 2.46. The molecular weight excluding hydrogens is 226 g/mol. The number of rotatable bonds is 2. The molecule has 1 amide bonds. The van der Waals surface area contributed by atoms with Gasteiger partial charge in [0.1, 0.15) is 0 Å². The lowest BCUT2D eigenvalue weighted by Crippen LogP contribution is -2.64. The highest BCUT2D eigenvalue weighted by Gasteiger charge is 2.56. The van der Waals surface area contributed by atoms with Crippen molar-refractivity contribution in [3.05, 3.63) is 0 Å². The van der Waals surface area contributed by atoms with Gasteiger partial charge in [-0.3, -0.25) is 9.69 Å². The molecule has 18 heavy (non-hydrogen) atoms. The van der Waals surface area contributed by atoms with E-state index in [4.69, 9.17) is 5.26 Å². The highest BCUT2D eigenvalue weighted by molar-refractivity contribution is 5.84. The Hall–Kier alpha value is -1.08. The normalized spacial score (nSPS) is 38.9. The van der Waals surface area contributed by atoms with Gasteiger partial charge < -0.3 is 4.90 Å². The Morgan fingerprint density at radius 3 is 2.56 bits per heavy atom. The molecule has 0 radical (unpaired) electrons. The largest absolute Gasteiger partial charge is 0.335 e. The summed E-state index contributed by atoms with van der Waals surface area (Å²) in [6, 6.07) is 2.79. The van der Waals surface area contributed by atoms with Crippen LogP contribution in [0.4, 0.5) is 0 Å². The molecule has 0 aromatic heterocycles. The van der Waals surface area contributed by atoms with Gasteiger partial charge in [0, 0.05) is 25.7 Å². The van der Waals surface area contributed by atoms with Crippen LogP contribution in [0.25, 0.3) is 0 Å². The molecule has 4 heteroatoms. The summed E-state index contributed by atoms with van der Waals surface area (Å²) in [5.41, 5.74) is 0.115. The lowest BCUT2D eigenvalue weighted by molar-refractivity contribution is -0.148. The second-order valence-electron chi connectivity index (χ2n) is 6.36. The summed E-state index contributed by atoms with van der Waals surface area (Å²) in [5, 5.41) is 8.84. The zero-order valence-electron chi connectivity index (χ0n) is 11.2. The predicted molar refractivity (Wildman–Crippen MR) is 67.6 cm³/mol. The van der Waals surface area contributed by atoms with Crippen molar-refractivity contribution in [3.8, 4) is 6.07 Å². The van der Waals surface area contributed by atoms with Gasteiger partial charge in [-0.05, 0) is 33.1 Å². The molecular formula is C14H21N3O. The summed E-state index contributed by atoms with van der Waals surface area (Å²) >= 11 is 0. The van der Waals surface area contributed by atoms with E-state index in [1.807, 2.05) is 0 Å². The van der Waals surface area contributed by atoms with Crippen molar-refractivity contribution in [2.75, 3.05) is 19.6 Å². The highest BCUT2D eigenvalue weighted by atomic mass is 16.2. The van der Waals surface area contributed by atoms with Crippen LogP contribution < -0.4 is 0 Å². The average Bonchev–Trinajstić information content (AvgIpc) is 2.95. The van der Waals surface area contributed by atoms with Crippen LogP contribution in [-0.4, -0.2) is 46.9 Å². The van der Waals surface area contributed by atoms with Crippen molar-refractivity contribution in [2.24, 2.45) is 11.8 Å². The first-order valence-electron chi connectivity index (χ1n) is 7.02. The summed E-state index contributed by atoms with van der Waals surface area (Å²) < 4.78 is 0. The van der Waals surface area contributed by atoms with Crippen LogP contribution in [-0.2, 0) is 4.79 Å². The molecule has 3 aliphatic rings. The van der Waals surface area contributed by atoms with Crippen molar-refractivity contribution < 1.29 is 4.79 Å². The van der Waals surface area contributed by atoms with E-state index in [0.717, 1.165) is 38.9 Å². The van der Waals surface area contributed by atoms with E-state index in [2.05, 4.69) is 29.7 Å². The fraction of sp³-hybridized carbons (Fsp3) is 0.857. The monoisotopic (exact) mass is 247 g/mol. The Morgan fingerprint density at radius 1 is 1.39 bits per heavy atom. The van der Waals surface area contributed by atoms with Crippen molar-refractivity contribution in [2.45, 2.75) is 44.7 Å². The Kier molecular flexibility index (Phi) is 2.63. The Labute approximate surface area is 109 Å². The molecule has 2 heterocycles. The van der Waals surface area contributed by atoms with Crippen LogP contribution in [0.5, 0.6) is 0 Å². The number of hydrogen-bond acceptors (Lipinski definition) is 3. The van der Waals surface area contributed by atoms with Crippen molar-refractivity contribution >= 4 is 5.91 Å². The lowest BCUT2D eigenvalue weighted by Gasteiger charge is -2.51. The van der Waals surface area contributed by atoms with E-state index in [1.54, 1.807) is 0 Å². The first-order chi connectivity index (χ1) is 8.57. The summed E-state index contributed by atoms with van der Waals surface area (Å²) in [6.45, 7) is 7.47. The molecule has 1 aliphatic carbocycles. The molecule has 3 unspecified atom stereocenters. The number of amides is 1. The molecule has 3 fully saturated rings. The van der Waals surface area contributed by atoms with Crippen molar-refractivity contribution in [1.82, 2.24) is 9.80 Å². The van der Waals surface area contributed by atoms with Gasteiger partial charge in [0.25, 0.3) is 0 Å². The van der Waals surface area contributed by atoms with E-state index in [0.29, 0.717) is 6.04 Å². The molecule has 3 atom stereocenters. The number of carbonyl (C=O) groups is 1. The quantitative estimate of drug-likeness (QED) is 0.737. The molecule has 2 aliphatic heterocycles. The third-order valence-corrected chi connectivity index (χ3v) is 5.00. The van der Waals surface area contributed by atoms with Gasteiger partial charge in [-0.1, -0.05) is 0 Å². The molecule has 0 bridgehead atoms. The van der Waals surface area contributed by atoms with Gasteiger partial charge in [0.15, 0.2) is 0 Å². The van der Waals surface area contributed by atoms with Crippen molar-refractivity contribution in [3.63, 3.8) is 0 Å².